The number of nitrogens with one attached hydrogen (secondary N) is 3. The molecule has 1 aliphatic rings. The number of carbonyl (C=O) groups excluding carboxylic acids is 1. The van der Waals surface area contributed by atoms with E-state index in [-0.39, 0.29) is 41.8 Å². The number of aliphatic imine (C=N–C) groups is 1. The predicted molar refractivity (Wildman–Crippen MR) is 107 cm³/mol. The first-order valence-electron chi connectivity index (χ1n) is 7.86. The van der Waals surface area contributed by atoms with Crippen LogP contribution in [0.5, 0.6) is 0 Å². The zero-order chi connectivity index (χ0) is 17.5. The molecule has 3 N–H and O–H groups in total. The Hall–Kier alpha value is -0.620. The van der Waals surface area contributed by atoms with Crippen molar-refractivity contribution in [3.63, 3.8) is 0 Å². The second-order valence-electron chi connectivity index (χ2n) is 6.10. The second-order valence-corrected chi connectivity index (χ2v) is 7.94. The molecule has 0 bridgehead atoms. The van der Waals surface area contributed by atoms with Crippen LogP contribution in [0, 0.1) is 5.92 Å². The van der Waals surface area contributed by atoms with E-state index in [0.717, 1.165) is 31.9 Å². The van der Waals surface area contributed by atoms with Gasteiger partial charge in [-0.3, -0.25) is 9.79 Å². The SMILES string of the molecule is CN=C(NCCNS(C)(=O)=O)NC1CCCC(C(=O)N(C)C)C1.I. The molecule has 142 valence electrons. The molecule has 0 saturated heterocycles. The Morgan fingerprint density at radius 1 is 1.25 bits per heavy atom. The van der Waals surface area contributed by atoms with Crippen molar-refractivity contribution < 1.29 is 13.2 Å². The minimum absolute atomic E-state index is 0. The number of guanidine groups is 1. The topological polar surface area (TPSA) is 103 Å². The van der Waals surface area contributed by atoms with Crippen molar-refractivity contribution in [2.75, 3.05) is 40.5 Å². The molecule has 8 nitrogen and oxygen atoms in total. The summed E-state index contributed by atoms with van der Waals surface area (Å²) in [6.45, 7) is 0.742. The van der Waals surface area contributed by atoms with Gasteiger partial charge in [-0.1, -0.05) is 6.42 Å². The molecule has 0 aliphatic heterocycles. The molecule has 2 atom stereocenters. The van der Waals surface area contributed by atoms with Gasteiger partial charge in [0.05, 0.1) is 6.26 Å². The average Bonchev–Trinajstić information content (AvgIpc) is 2.48. The van der Waals surface area contributed by atoms with E-state index in [1.165, 1.54) is 0 Å². The fraction of sp³-hybridized carbons (Fsp3) is 0.857. The molecule has 1 fully saturated rings. The van der Waals surface area contributed by atoms with Crippen LogP contribution in [0.1, 0.15) is 25.7 Å². The fourth-order valence-electron chi connectivity index (χ4n) is 2.72. The summed E-state index contributed by atoms with van der Waals surface area (Å²) in [4.78, 5) is 17.9. The highest BCUT2D eigenvalue weighted by Crippen LogP contribution is 2.25. The molecule has 0 aromatic rings. The molecule has 0 heterocycles. The molecule has 10 heteroatoms. The Labute approximate surface area is 162 Å². The number of sulfonamides is 1. The van der Waals surface area contributed by atoms with Crippen LogP contribution < -0.4 is 15.4 Å². The average molecular weight is 475 g/mol. The lowest BCUT2D eigenvalue weighted by molar-refractivity contribution is -0.134. The summed E-state index contributed by atoms with van der Waals surface area (Å²) in [5, 5.41) is 6.39. The Morgan fingerprint density at radius 3 is 2.46 bits per heavy atom. The number of hydrogen-bond acceptors (Lipinski definition) is 4. The molecular formula is C14H30IN5O3S. The molecule has 1 amide bonds. The van der Waals surface area contributed by atoms with Crippen molar-refractivity contribution in [2.24, 2.45) is 10.9 Å². The van der Waals surface area contributed by atoms with Gasteiger partial charge in [-0.25, -0.2) is 13.1 Å². The van der Waals surface area contributed by atoms with E-state index in [1.807, 2.05) is 0 Å². The summed E-state index contributed by atoms with van der Waals surface area (Å²) < 4.78 is 24.4. The Bertz CT molecular complexity index is 525. The van der Waals surface area contributed by atoms with E-state index in [9.17, 15) is 13.2 Å². The highest BCUT2D eigenvalue weighted by Gasteiger charge is 2.28. The summed E-state index contributed by atoms with van der Waals surface area (Å²) in [6, 6.07) is 0.201. The number of hydrogen-bond donors (Lipinski definition) is 3. The molecule has 24 heavy (non-hydrogen) atoms. The van der Waals surface area contributed by atoms with Gasteiger partial charge in [-0.15, -0.1) is 24.0 Å². The van der Waals surface area contributed by atoms with Gasteiger partial charge < -0.3 is 15.5 Å². The number of rotatable bonds is 6. The highest BCUT2D eigenvalue weighted by atomic mass is 127. The first-order valence-corrected chi connectivity index (χ1v) is 9.75. The Morgan fingerprint density at radius 2 is 1.92 bits per heavy atom. The van der Waals surface area contributed by atoms with E-state index in [0.29, 0.717) is 19.0 Å². The fourth-order valence-corrected chi connectivity index (χ4v) is 3.19. The van der Waals surface area contributed by atoms with Crippen LogP contribution in [0.4, 0.5) is 0 Å². The van der Waals surface area contributed by atoms with E-state index in [4.69, 9.17) is 0 Å². The van der Waals surface area contributed by atoms with Gasteiger partial charge in [-0.05, 0) is 19.3 Å². The molecule has 0 aromatic carbocycles. The van der Waals surface area contributed by atoms with Gasteiger partial charge in [-0.2, -0.15) is 0 Å². The standard InChI is InChI=1S/C14H29N5O3S.HI/c1-15-14(16-8-9-17-23(4,21)22)18-12-7-5-6-11(10-12)13(20)19(2)3;/h11-12,17H,5-10H2,1-4H3,(H2,15,16,18);1H. The third kappa shape index (κ3) is 9.02. The quantitative estimate of drug-likeness (QED) is 0.217. The summed E-state index contributed by atoms with van der Waals surface area (Å²) in [7, 11) is 2.07. The maximum Gasteiger partial charge on any atom is 0.225 e. The van der Waals surface area contributed by atoms with Gasteiger partial charge in [0.15, 0.2) is 5.96 Å². The summed E-state index contributed by atoms with van der Waals surface area (Å²) >= 11 is 0. The molecule has 1 rings (SSSR count). The van der Waals surface area contributed by atoms with E-state index < -0.39 is 10.0 Å². The minimum Gasteiger partial charge on any atom is -0.355 e. The van der Waals surface area contributed by atoms with E-state index in [1.54, 1.807) is 26.0 Å². The molecule has 0 aromatic heterocycles. The minimum atomic E-state index is -3.17. The largest absolute Gasteiger partial charge is 0.355 e. The maximum atomic E-state index is 12.1. The van der Waals surface area contributed by atoms with Crippen molar-refractivity contribution in [3.05, 3.63) is 0 Å². The van der Waals surface area contributed by atoms with Crippen LogP contribution in [-0.4, -0.2) is 71.7 Å². The molecule has 0 spiro atoms. The number of amides is 1. The van der Waals surface area contributed by atoms with Crippen LogP contribution in [0.3, 0.4) is 0 Å². The van der Waals surface area contributed by atoms with Crippen molar-refractivity contribution in [2.45, 2.75) is 31.7 Å². The lowest BCUT2D eigenvalue weighted by atomic mass is 9.85. The van der Waals surface area contributed by atoms with Crippen molar-refractivity contribution in [1.29, 1.82) is 0 Å². The van der Waals surface area contributed by atoms with Crippen molar-refractivity contribution >= 4 is 45.9 Å². The third-order valence-electron chi connectivity index (χ3n) is 3.81. The van der Waals surface area contributed by atoms with Crippen LogP contribution in [-0.2, 0) is 14.8 Å². The van der Waals surface area contributed by atoms with E-state index in [2.05, 4.69) is 20.3 Å². The number of halogens is 1. The van der Waals surface area contributed by atoms with Gasteiger partial charge in [0.25, 0.3) is 0 Å². The van der Waals surface area contributed by atoms with Crippen LogP contribution in [0.2, 0.25) is 0 Å². The van der Waals surface area contributed by atoms with Crippen molar-refractivity contribution in [3.8, 4) is 0 Å². The van der Waals surface area contributed by atoms with Gasteiger partial charge >= 0.3 is 0 Å². The van der Waals surface area contributed by atoms with Crippen LogP contribution in [0.25, 0.3) is 0 Å². The first kappa shape index (κ1) is 23.4. The van der Waals surface area contributed by atoms with Gasteiger partial charge in [0, 0.05) is 46.2 Å². The lowest BCUT2D eigenvalue weighted by Gasteiger charge is -2.31. The summed E-state index contributed by atoms with van der Waals surface area (Å²) in [6.07, 6.45) is 4.86. The Kier molecular flexibility index (Phi) is 10.8. The number of carbonyl (C=O) groups is 1. The first-order chi connectivity index (χ1) is 10.7. The molecule has 2 unspecified atom stereocenters. The maximum absolute atomic E-state index is 12.1. The molecule has 0 radical (unpaired) electrons. The highest BCUT2D eigenvalue weighted by molar-refractivity contribution is 14.0. The van der Waals surface area contributed by atoms with Gasteiger partial charge in [0.1, 0.15) is 0 Å². The molecule has 1 aliphatic carbocycles. The zero-order valence-electron chi connectivity index (χ0n) is 14.8. The normalized spacial score (nSPS) is 21.6. The second kappa shape index (κ2) is 11.1. The lowest BCUT2D eigenvalue weighted by Crippen LogP contribution is -2.48. The third-order valence-corrected chi connectivity index (χ3v) is 4.54. The molecule has 1 saturated carbocycles. The smallest absolute Gasteiger partial charge is 0.225 e. The monoisotopic (exact) mass is 475 g/mol. The Balaban J connectivity index is 0.00000529. The predicted octanol–water partition coefficient (Wildman–Crippen LogP) is -0.0344. The number of nitrogens with zero attached hydrogens (tertiary/aromatic N) is 2. The zero-order valence-corrected chi connectivity index (χ0v) is 18.0. The van der Waals surface area contributed by atoms with E-state index >= 15 is 0 Å². The van der Waals surface area contributed by atoms with Crippen LogP contribution in [0.15, 0.2) is 4.99 Å². The van der Waals surface area contributed by atoms with Gasteiger partial charge in [0.2, 0.25) is 15.9 Å². The van der Waals surface area contributed by atoms with Crippen LogP contribution >= 0.6 is 24.0 Å². The molecular weight excluding hydrogens is 445 g/mol. The van der Waals surface area contributed by atoms with Crippen molar-refractivity contribution in [1.82, 2.24) is 20.3 Å². The summed E-state index contributed by atoms with van der Waals surface area (Å²) in [5.74, 6) is 0.862. The summed E-state index contributed by atoms with van der Waals surface area (Å²) in [5.41, 5.74) is 0.